The molecule has 0 spiro atoms. The Hall–Kier alpha value is -2.11. The maximum Gasteiger partial charge on any atom is 0.307 e. The molecule has 2 aromatic rings. The zero-order valence-corrected chi connectivity index (χ0v) is 15.2. The van der Waals surface area contributed by atoms with E-state index >= 15 is 0 Å². The van der Waals surface area contributed by atoms with Crippen molar-refractivity contribution in [3.63, 3.8) is 0 Å². The Labute approximate surface area is 151 Å². The van der Waals surface area contributed by atoms with Gasteiger partial charge in [-0.2, -0.15) is 0 Å². The van der Waals surface area contributed by atoms with Crippen molar-refractivity contribution in [1.29, 1.82) is 0 Å². The van der Waals surface area contributed by atoms with Gasteiger partial charge in [0.1, 0.15) is 11.6 Å². The molecule has 0 saturated carbocycles. The van der Waals surface area contributed by atoms with Crippen molar-refractivity contribution in [2.24, 2.45) is 5.73 Å². The highest BCUT2D eigenvalue weighted by Crippen LogP contribution is 2.37. The lowest BCUT2D eigenvalue weighted by Gasteiger charge is -2.17. The van der Waals surface area contributed by atoms with Gasteiger partial charge in [0.05, 0.1) is 13.0 Å². The first-order valence-corrected chi connectivity index (χ1v) is 8.33. The normalized spacial score (nSPS) is 12.1. The number of phenolic OH excluding ortho intramolecular Hbond substituents is 1. The van der Waals surface area contributed by atoms with Gasteiger partial charge in [0.2, 0.25) is 0 Å². The number of esters is 1. The van der Waals surface area contributed by atoms with Gasteiger partial charge < -0.3 is 15.6 Å². The van der Waals surface area contributed by atoms with Crippen LogP contribution in [0, 0.1) is 19.7 Å². The lowest BCUT2D eigenvalue weighted by molar-refractivity contribution is -0.143. The number of ether oxygens (including phenoxy) is 1. The summed E-state index contributed by atoms with van der Waals surface area (Å²) in [7, 11) is 0. The molecular weight excluding hydrogens is 345 g/mol. The number of halogens is 2. The van der Waals surface area contributed by atoms with Crippen LogP contribution in [-0.2, 0) is 9.53 Å². The second-order valence-corrected chi connectivity index (χ2v) is 6.37. The minimum atomic E-state index is -0.840. The Kier molecular flexibility index (Phi) is 6.03. The molecule has 0 saturated heterocycles. The van der Waals surface area contributed by atoms with E-state index in [0.29, 0.717) is 21.7 Å². The SMILES string of the molecule is CCOC(=O)C[C@H](N)c1cc(-c2c(C)cc(Cl)cc2O)cc(C)c1F. The molecule has 1 atom stereocenters. The fourth-order valence-corrected chi connectivity index (χ4v) is 3.09. The summed E-state index contributed by atoms with van der Waals surface area (Å²) in [6.07, 6.45) is -0.126. The Morgan fingerprint density at radius 3 is 2.56 bits per heavy atom. The molecule has 0 aliphatic heterocycles. The van der Waals surface area contributed by atoms with E-state index in [1.807, 2.05) is 0 Å². The second-order valence-electron chi connectivity index (χ2n) is 5.93. The molecule has 0 bridgehead atoms. The van der Waals surface area contributed by atoms with Crippen LogP contribution in [0.2, 0.25) is 5.02 Å². The third kappa shape index (κ3) is 4.30. The highest BCUT2D eigenvalue weighted by atomic mass is 35.5. The number of hydrogen-bond donors (Lipinski definition) is 2. The van der Waals surface area contributed by atoms with Crippen molar-refractivity contribution in [2.45, 2.75) is 33.2 Å². The van der Waals surface area contributed by atoms with Crippen LogP contribution in [0.4, 0.5) is 4.39 Å². The second kappa shape index (κ2) is 7.85. The van der Waals surface area contributed by atoms with Gasteiger partial charge in [-0.3, -0.25) is 4.79 Å². The van der Waals surface area contributed by atoms with E-state index in [1.165, 1.54) is 6.07 Å². The van der Waals surface area contributed by atoms with Gasteiger partial charge in [0, 0.05) is 22.2 Å². The molecule has 0 heterocycles. The highest BCUT2D eigenvalue weighted by molar-refractivity contribution is 6.31. The summed E-state index contributed by atoms with van der Waals surface area (Å²) in [6.45, 7) is 5.35. The molecule has 3 N–H and O–H groups in total. The van der Waals surface area contributed by atoms with Crippen LogP contribution in [0.5, 0.6) is 5.75 Å². The summed E-state index contributed by atoms with van der Waals surface area (Å²) in [5.74, 6) is -0.949. The van der Waals surface area contributed by atoms with Gasteiger partial charge >= 0.3 is 5.97 Å². The van der Waals surface area contributed by atoms with E-state index in [0.717, 1.165) is 5.56 Å². The van der Waals surface area contributed by atoms with E-state index in [-0.39, 0.29) is 24.3 Å². The summed E-state index contributed by atoms with van der Waals surface area (Å²) in [5, 5.41) is 10.7. The van der Waals surface area contributed by atoms with Gasteiger partial charge in [-0.25, -0.2) is 4.39 Å². The smallest absolute Gasteiger partial charge is 0.307 e. The molecule has 0 amide bonds. The lowest BCUT2D eigenvalue weighted by Crippen LogP contribution is -2.19. The van der Waals surface area contributed by atoms with Gasteiger partial charge in [-0.15, -0.1) is 0 Å². The minimum absolute atomic E-state index is 0.000854. The molecule has 0 aliphatic rings. The molecule has 2 aromatic carbocycles. The summed E-state index contributed by atoms with van der Waals surface area (Å²) >= 11 is 5.94. The zero-order chi connectivity index (χ0) is 18.7. The Balaban J connectivity index is 2.50. The van der Waals surface area contributed by atoms with Gasteiger partial charge in [0.25, 0.3) is 0 Å². The quantitative estimate of drug-likeness (QED) is 0.769. The summed E-state index contributed by atoms with van der Waals surface area (Å²) in [4.78, 5) is 11.6. The largest absolute Gasteiger partial charge is 0.507 e. The molecular formula is C19H21ClFNO3. The van der Waals surface area contributed by atoms with Gasteiger partial charge in [0.15, 0.2) is 0 Å². The van der Waals surface area contributed by atoms with Crippen molar-refractivity contribution < 1.29 is 19.0 Å². The predicted molar refractivity (Wildman–Crippen MR) is 96.2 cm³/mol. The first-order valence-electron chi connectivity index (χ1n) is 7.95. The molecule has 6 heteroatoms. The number of aryl methyl sites for hydroxylation is 2. The number of benzene rings is 2. The third-order valence-electron chi connectivity index (χ3n) is 3.94. The van der Waals surface area contributed by atoms with Gasteiger partial charge in [-0.1, -0.05) is 11.6 Å². The fourth-order valence-electron chi connectivity index (χ4n) is 2.82. The summed E-state index contributed by atoms with van der Waals surface area (Å²) in [6, 6.07) is 5.50. The number of nitrogens with two attached hydrogens (primary N) is 1. The average molecular weight is 366 g/mol. The Bertz CT molecular complexity index is 784. The predicted octanol–water partition coefficient (Wildman–Crippen LogP) is 4.42. The molecule has 134 valence electrons. The molecule has 0 aliphatic carbocycles. The summed E-state index contributed by atoms with van der Waals surface area (Å²) in [5.41, 5.74) is 8.51. The van der Waals surface area contributed by atoms with E-state index < -0.39 is 17.8 Å². The maximum atomic E-state index is 14.5. The molecule has 0 fully saturated rings. The van der Waals surface area contributed by atoms with E-state index in [1.54, 1.807) is 39.0 Å². The average Bonchev–Trinajstić information content (AvgIpc) is 2.49. The number of carbonyl (C=O) groups excluding carboxylic acids is 1. The van der Waals surface area contributed by atoms with E-state index in [2.05, 4.69) is 0 Å². The number of carbonyl (C=O) groups is 1. The van der Waals surface area contributed by atoms with E-state index in [9.17, 15) is 14.3 Å². The van der Waals surface area contributed by atoms with E-state index in [4.69, 9.17) is 22.1 Å². The van der Waals surface area contributed by atoms with Crippen LogP contribution < -0.4 is 5.73 Å². The molecule has 25 heavy (non-hydrogen) atoms. The Morgan fingerprint density at radius 1 is 1.28 bits per heavy atom. The zero-order valence-electron chi connectivity index (χ0n) is 14.4. The summed E-state index contributed by atoms with van der Waals surface area (Å²) < 4.78 is 19.4. The van der Waals surface area contributed by atoms with Crippen LogP contribution in [0.1, 0.15) is 36.1 Å². The topological polar surface area (TPSA) is 72.5 Å². The van der Waals surface area contributed by atoms with Crippen molar-refractivity contribution >= 4 is 17.6 Å². The monoisotopic (exact) mass is 365 g/mol. The van der Waals surface area contributed by atoms with Crippen LogP contribution in [-0.4, -0.2) is 17.7 Å². The molecule has 4 nitrogen and oxygen atoms in total. The fraction of sp³-hybridized carbons (Fsp3) is 0.316. The third-order valence-corrected chi connectivity index (χ3v) is 4.16. The number of rotatable bonds is 5. The number of hydrogen-bond acceptors (Lipinski definition) is 4. The maximum absolute atomic E-state index is 14.5. The lowest BCUT2D eigenvalue weighted by atomic mass is 9.92. The highest BCUT2D eigenvalue weighted by Gasteiger charge is 2.20. The van der Waals surface area contributed by atoms with Crippen molar-refractivity contribution in [1.82, 2.24) is 0 Å². The standard InChI is InChI=1S/C19H21ClFNO3/c1-4-25-17(24)9-15(22)14-7-12(5-11(3)19(14)21)18-10(2)6-13(20)8-16(18)23/h5-8,15,23H,4,9,22H2,1-3H3/t15-/m0/s1. The van der Waals surface area contributed by atoms with Crippen LogP contribution in [0.3, 0.4) is 0 Å². The number of phenols is 1. The van der Waals surface area contributed by atoms with Gasteiger partial charge in [-0.05, 0) is 61.7 Å². The minimum Gasteiger partial charge on any atom is -0.507 e. The van der Waals surface area contributed by atoms with Crippen LogP contribution >= 0.6 is 11.6 Å². The number of aromatic hydroxyl groups is 1. The van der Waals surface area contributed by atoms with Crippen molar-refractivity contribution in [3.05, 3.63) is 51.8 Å². The van der Waals surface area contributed by atoms with Crippen LogP contribution in [0.25, 0.3) is 11.1 Å². The van der Waals surface area contributed by atoms with Crippen LogP contribution in [0.15, 0.2) is 24.3 Å². The first-order chi connectivity index (χ1) is 11.7. The molecule has 2 rings (SSSR count). The van der Waals surface area contributed by atoms with Crippen molar-refractivity contribution in [2.75, 3.05) is 6.61 Å². The molecule has 0 radical (unpaired) electrons. The first kappa shape index (κ1) is 19.2. The molecule has 0 unspecified atom stereocenters. The van der Waals surface area contributed by atoms with Crippen molar-refractivity contribution in [3.8, 4) is 16.9 Å². The Morgan fingerprint density at radius 2 is 1.96 bits per heavy atom. The molecule has 0 aromatic heterocycles.